The molecule has 1 heterocycles. The van der Waals surface area contributed by atoms with Crippen molar-refractivity contribution in [1.82, 2.24) is 9.55 Å². The van der Waals surface area contributed by atoms with Crippen molar-refractivity contribution in [1.29, 1.82) is 0 Å². The van der Waals surface area contributed by atoms with Gasteiger partial charge in [0, 0.05) is 25.9 Å². The number of rotatable bonds is 6. The quantitative estimate of drug-likeness (QED) is 0.757. The molecule has 0 bridgehead atoms. The highest BCUT2D eigenvalue weighted by atomic mass is 16.1. The molecule has 0 amide bonds. The summed E-state index contributed by atoms with van der Waals surface area (Å²) >= 11 is 0. The number of hydrogen-bond donors (Lipinski definition) is 1. The number of nitrogens with zero attached hydrogens (tertiary/aromatic N) is 2. The fraction of sp³-hybridized carbons (Fsp3) is 0.636. The smallest absolute Gasteiger partial charge is 0.140 e. The van der Waals surface area contributed by atoms with Crippen LogP contribution >= 0.6 is 0 Å². The van der Waals surface area contributed by atoms with E-state index in [0.717, 1.165) is 12.2 Å². The predicted molar refractivity (Wildman–Crippen MR) is 59.4 cm³/mol. The van der Waals surface area contributed by atoms with Crippen LogP contribution in [0, 0.1) is 5.92 Å². The molecule has 0 fully saturated rings. The lowest BCUT2D eigenvalue weighted by Crippen LogP contribution is -2.14. The number of aryl methyl sites for hydroxylation is 1. The number of nitrogens with two attached hydrogens (primary N) is 1. The van der Waals surface area contributed by atoms with Gasteiger partial charge in [-0.15, -0.1) is 0 Å². The average Bonchev–Trinajstić information content (AvgIpc) is 2.61. The van der Waals surface area contributed by atoms with Crippen molar-refractivity contribution in [3.63, 3.8) is 0 Å². The first kappa shape index (κ1) is 11.9. The van der Waals surface area contributed by atoms with Gasteiger partial charge in [-0.3, -0.25) is 4.79 Å². The molecule has 4 heteroatoms. The van der Waals surface area contributed by atoms with E-state index in [1.165, 1.54) is 0 Å². The largest absolute Gasteiger partial charge is 0.338 e. The van der Waals surface area contributed by atoms with E-state index in [2.05, 4.69) is 11.9 Å². The lowest BCUT2D eigenvalue weighted by molar-refractivity contribution is -0.118. The zero-order valence-electron chi connectivity index (χ0n) is 9.44. The number of aromatic nitrogens is 2. The monoisotopic (exact) mass is 209 g/mol. The summed E-state index contributed by atoms with van der Waals surface area (Å²) in [7, 11) is 1.90. The van der Waals surface area contributed by atoms with Gasteiger partial charge in [0.2, 0.25) is 0 Å². The first-order chi connectivity index (χ1) is 7.13. The Morgan fingerprint density at radius 3 is 2.93 bits per heavy atom. The third-order valence-corrected chi connectivity index (χ3v) is 2.59. The van der Waals surface area contributed by atoms with Gasteiger partial charge >= 0.3 is 0 Å². The molecule has 15 heavy (non-hydrogen) atoms. The van der Waals surface area contributed by atoms with Crippen LogP contribution < -0.4 is 5.73 Å². The van der Waals surface area contributed by atoms with Gasteiger partial charge in [0.25, 0.3) is 0 Å². The molecule has 0 aliphatic heterocycles. The van der Waals surface area contributed by atoms with Crippen LogP contribution in [0.4, 0.5) is 0 Å². The number of ketones is 1. The van der Waals surface area contributed by atoms with E-state index in [9.17, 15) is 4.79 Å². The molecule has 1 atom stereocenters. The highest BCUT2D eigenvalue weighted by molar-refractivity contribution is 5.80. The minimum atomic E-state index is 0.240. The van der Waals surface area contributed by atoms with Gasteiger partial charge in [-0.1, -0.05) is 6.92 Å². The van der Waals surface area contributed by atoms with E-state index in [1.807, 2.05) is 17.8 Å². The molecule has 0 saturated heterocycles. The zero-order chi connectivity index (χ0) is 11.3. The first-order valence-electron chi connectivity index (χ1n) is 5.31. The molecule has 0 aliphatic carbocycles. The predicted octanol–water partition coefficient (Wildman–Crippen LogP) is 0.907. The molecule has 0 saturated carbocycles. The lowest BCUT2D eigenvalue weighted by Gasteiger charge is -2.06. The SMILES string of the molecule is CC(CN)CCC(=O)Cc1nccn1C. The normalized spacial score (nSPS) is 12.7. The van der Waals surface area contributed by atoms with Gasteiger partial charge in [0.05, 0.1) is 6.42 Å². The molecule has 1 rings (SSSR count). The molecule has 1 unspecified atom stereocenters. The minimum Gasteiger partial charge on any atom is -0.338 e. The summed E-state index contributed by atoms with van der Waals surface area (Å²) < 4.78 is 1.88. The highest BCUT2D eigenvalue weighted by Gasteiger charge is 2.09. The minimum absolute atomic E-state index is 0.240. The van der Waals surface area contributed by atoms with Crippen molar-refractivity contribution < 1.29 is 4.79 Å². The number of hydrogen-bond acceptors (Lipinski definition) is 3. The second-order valence-corrected chi connectivity index (χ2v) is 4.05. The summed E-state index contributed by atoms with van der Waals surface area (Å²) in [6.07, 6.45) is 5.47. The van der Waals surface area contributed by atoms with E-state index in [4.69, 9.17) is 5.73 Å². The summed E-state index contributed by atoms with van der Waals surface area (Å²) in [5, 5.41) is 0. The van der Waals surface area contributed by atoms with Gasteiger partial charge in [0.1, 0.15) is 11.6 Å². The molecule has 0 aromatic carbocycles. The van der Waals surface area contributed by atoms with Crippen molar-refractivity contribution in [2.24, 2.45) is 18.7 Å². The Hall–Kier alpha value is -1.16. The van der Waals surface area contributed by atoms with E-state index in [0.29, 0.717) is 25.3 Å². The van der Waals surface area contributed by atoms with Gasteiger partial charge < -0.3 is 10.3 Å². The number of carbonyl (C=O) groups excluding carboxylic acids is 1. The molecule has 0 aliphatic rings. The summed E-state index contributed by atoms with van der Waals surface area (Å²) in [6.45, 7) is 2.71. The van der Waals surface area contributed by atoms with Crippen LogP contribution in [0.1, 0.15) is 25.6 Å². The Bertz CT molecular complexity index is 319. The third-order valence-electron chi connectivity index (χ3n) is 2.59. The number of carbonyl (C=O) groups is 1. The molecule has 4 nitrogen and oxygen atoms in total. The number of Topliss-reactive ketones (excluding diaryl/α,β-unsaturated/α-hetero) is 1. The standard InChI is InChI=1S/C11H19N3O/c1-9(8-12)3-4-10(15)7-11-13-5-6-14(11)2/h5-6,9H,3-4,7-8,12H2,1-2H3. The fourth-order valence-corrected chi connectivity index (χ4v) is 1.36. The molecule has 1 aromatic rings. The van der Waals surface area contributed by atoms with E-state index < -0.39 is 0 Å². The zero-order valence-corrected chi connectivity index (χ0v) is 9.44. The fourth-order valence-electron chi connectivity index (χ4n) is 1.36. The molecule has 1 aromatic heterocycles. The van der Waals surface area contributed by atoms with Gasteiger partial charge in [-0.2, -0.15) is 0 Å². The maximum Gasteiger partial charge on any atom is 0.140 e. The second kappa shape index (κ2) is 5.66. The topological polar surface area (TPSA) is 60.9 Å². The van der Waals surface area contributed by atoms with Crippen LogP contribution in [0.3, 0.4) is 0 Å². The molecule has 0 spiro atoms. The van der Waals surface area contributed by atoms with Crippen LogP contribution in [-0.2, 0) is 18.3 Å². The third kappa shape index (κ3) is 3.83. The molecule has 84 valence electrons. The summed E-state index contributed by atoms with van der Waals surface area (Å²) in [5.41, 5.74) is 5.49. The highest BCUT2D eigenvalue weighted by Crippen LogP contribution is 2.06. The Kier molecular flexibility index (Phi) is 4.49. The lowest BCUT2D eigenvalue weighted by atomic mass is 10.0. The Morgan fingerprint density at radius 1 is 1.67 bits per heavy atom. The van der Waals surface area contributed by atoms with Gasteiger partial charge in [0.15, 0.2) is 0 Å². The molecular formula is C11H19N3O. The Morgan fingerprint density at radius 2 is 2.40 bits per heavy atom. The Labute approximate surface area is 90.5 Å². The number of imidazole rings is 1. The molecule has 2 N–H and O–H groups in total. The van der Waals surface area contributed by atoms with Crippen LogP contribution in [0.2, 0.25) is 0 Å². The van der Waals surface area contributed by atoms with Crippen LogP contribution in [0.15, 0.2) is 12.4 Å². The van der Waals surface area contributed by atoms with Gasteiger partial charge in [-0.25, -0.2) is 4.98 Å². The van der Waals surface area contributed by atoms with Crippen LogP contribution in [0.5, 0.6) is 0 Å². The maximum absolute atomic E-state index is 11.6. The summed E-state index contributed by atoms with van der Waals surface area (Å²) in [6, 6.07) is 0. The first-order valence-corrected chi connectivity index (χ1v) is 5.31. The maximum atomic E-state index is 11.6. The van der Waals surface area contributed by atoms with E-state index in [-0.39, 0.29) is 5.78 Å². The van der Waals surface area contributed by atoms with Crippen molar-refractivity contribution >= 4 is 5.78 Å². The molecule has 0 radical (unpaired) electrons. The van der Waals surface area contributed by atoms with Crippen molar-refractivity contribution in [3.8, 4) is 0 Å². The molecular weight excluding hydrogens is 190 g/mol. The van der Waals surface area contributed by atoms with E-state index in [1.54, 1.807) is 6.20 Å². The van der Waals surface area contributed by atoms with Crippen molar-refractivity contribution in [3.05, 3.63) is 18.2 Å². The van der Waals surface area contributed by atoms with Crippen LogP contribution in [0.25, 0.3) is 0 Å². The Balaban J connectivity index is 2.34. The van der Waals surface area contributed by atoms with Gasteiger partial charge in [-0.05, 0) is 18.9 Å². The second-order valence-electron chi connectivity index (χ2n) is 4.05. The van der Waals surface area contributed by atoms with Crippen molar-refractivity contribution in [2.45, 2.75) is 26.2 Å². The summed E-state index contributed by atoms with van der Waals surface area (Å²) in [4.78, 5) is 15.7. The summed E-state index contributed by atoms with van der Waals surface area (Å²) in [5.74, 6) is 1.50. The van der Waals surface area contributed by atoms with Crippen molar-refractivity contribution in [2.75, 3.05) is 6.54 Å². The average molecular weight is 209 g/mol. The van der Waals surface area contributed by atoms with Crippen LogP contribution in [-0.4, -0.2) is 21.9 Å². The van der Waals surface area contributed by atoms with E-state index >= 15 is 0 Å².